The summed E-state index contributed by atoms with van der Waals surface area (Å²) in [5, 5.41) is 17.0. The normalized spacial score (nSPS) is 12.4. The largest absolute Gasteiger partial charge is 0.505 e. The fraction of sp³-hybridized carbons (Fsp3) is 0.0588. The molecular weight excluding hydrogens is 549 g/mol. The smallest absolute Gasteiger partial charge is 0.412 e. The molecule has 43 heavy (non-hydrogen) atoms. The molecule has 5 aromatic rings. The number of aromatic hydroxyl groups is 1. The maximum atomic E-state index is 14.5. The molecule has 0 aliphatic carbocycles. The van der Waals surface area contributed by atoms with E-state index in [9.17, 15) is 19.1 Å². The topological polar surface area (TPSA) is 123 Å². The van der Waals surface area contributed by atoms with Crippen molar-refractivity contribution in [2.75, 3.05) is 16.4 Å². The molecule has 0 bridgehead atoms. The molecule has 0 saturated heterocycles. The Morgan fingerprint density at radius 1 is 0.814 bits per heavy atom. The first kappa shape index (κ1) is 28.7. The third-order valence-electron chi connectivity index (χ3n) is 6.53. The number of para-hydroxylation sites is 3. The summed E-state index contributed by atoms with van der Waals surface area (Å²) < 4.78 is 26.6. The van der Waals surface area contributed by atoms with Crippen molar-refractivity contribution in [3.8, 4) is 11.5 Å². The van der Waals surface area contributed by atoms with Crippen LogP contribution in [0.3, 0.4) is 0 Å². The van der Waals surface area contributed by atoms with E-state index in [1.54, 1.807) is 66.7 Å². The summed E-state index contributed by atoms with van der Waals surface area (Å²) in [5.74, 6) is -1.60. The van der Waals surface area contributed by atoms with E-state index in [1.165, 1.54) is 18.2 Å². The summed E-state index contributed by atoms with van der Waals surface area (Å²) >= 11 is 0. The number of hydrogen-bond donors (Lipinski definition) is 4. The van der Waals surface area contributed by atoms with Crippen molar-refractivity contribution < 1.29 is 28.6 Å². The standard InChI is InChI=1S/C34H28FN3O5/c35-26-21-23(17-18-30(26)39)33(43-34(41)38-28-16-8-10-22-9-4-5-13-25(22)28)31(42-24-11-2-1-3-12-24)19-20-32(40)37-29-15-7-6-14-27(29)36/h1-21,31,33,39H,36H2,(H,37,40)(H,38,41)/b20-19+/t31-,33-/m0/s1. The van der Waals surface area contributed by atoms with Crippen LogP contribution < -0.4 is 21.1 Å². The highest BCUT2D eigenvalue weighted by molar-refractivity contribution is 6.01. The maximum Gasteiger partial charge on any atom is 0.412 e. The molecule has 0 unspecified atom stereocenters. The number of halogens is 1. The Bertz CT molecular complexity index is 1770. The highest BCUT2D eigenvalue weighted by atomic mass is 19.1. The average molecular weight is 578 g/mol. The Hall–Kier alpha value is -5.83. The van der Waals surface area contributed by atoms with Crippen molar-refractivity contribution in [1.82, 2.24) is 0 Å². The minimum Gasteiger partial charge on any atom is -0.505 e. The van der Waals surface area contributed by atoms with Gasteiger partial charge in [-0.15, -0.1) is 0 Å². The summed E-state index contributed by atoms with van der Waals surface area (Å²) in [6, 6.07) is 32.0. The number of benzene rings is 5. The second-order valence-electron chi connectivity index (χ2n) is 9.52. The van der Waals surface area contributed by atoms with Crippen LogP contribution in [-0.2, 0) is 9.53 Å². The number of carbonyl (C=O) groups is 2. The number of amides is 2. The highest BCUT2D eigenvalue weighted by Crippen LogP contribution is 2.31. The van der Waals surface area contributed by atoms with Gasteiger partial charge in [0.15, 0.2) is 23.8 Å². The number of nitrogens with one attached hydrogen (secondary N) is 2. The number of fused-ring (bicyclic) bond motifs is 1. The van der Waals surface area contributed by atoms with Gasteiger partial charge in [-0.05, 0) is 59.5 Å². The molecule has 2 atom stereocenters. The third kappa shape index (κ3) is 7.28. The monoisotopic (exact) mass is 577 g/mol. The van der Waals surface area contributed by atoms with Gasteiger partial charge in [0.1, 0.15) is 5.75 Å². The summed E-state index contributed by atoms with van der Waals surface area (Å²) in [5.41, 5.74) is 7.44. The van der Waals surface area contributed by atoms with Gasteiger partial charge in [0.25, 0.3) is 0 Å². The number of rotatable bonds is 9. The fourth-order valence-corrected chi connectivity index (χ4v) is 4.44. The summed E-state index contributed by atoms with van der Waals surface area (Å²) in [6.07, 6.45) is -0.580. The minimum atomic E-state index is -1.25. The van der Waals surface area contributed by atoms with Crippen molar-refractivity contribution in [3.05, 3.63) is 139 Å². The van der Waals surface area contributed by atoms with E-state index in [4.69, 9.17) is 15.2 Å². The van der Waals surface area contributed by atoms with Crippen LogP contribution in [0.25, 0.3) is 10.8 Å². The van der Waals surface area contributed by atoms with Crippen molar-refractivity contribution in [1.29, 1.82) is 0 Å². The van der Waals surface area contributed by atoms with E-state index in [0.717, 1.165) is 22.9 Å². The number of hydrogen-bond acceptors (Lipinski definition) is 6. The first-order chi connectivity index (χ1) is 20.9. The predicted octanol–water partition coefficient (Wildman–Crippen LogP) is 7.20. The van der Waals surface area contributed by atoms with Crippen LogP contribution in [-0.4, -0.2) is 23.2 Å². The Morgan fingerprint density at radius 2 is 1.51 bits per heavy atom. The molecule has 0 heterocycles. The number of carbonyl (C=O) groups excluding carboxylic acids is 2. The van der Waals surface area contributed by atoms with E-state index in [2.05, 4.69) is 10.6 Å². The second kappa shape index (κ2) is 13.2. The van der Waals surface area contributed by atoms with Crippen LogP contribution in [0.15, 0.2) is 127 Å². The van der Waals surface area contributed by atoms with Crippen LogP contribution >= 0.6 is 0 Å². The van der Waals surface area contributed by atoms with Crippen LogP contribution in [0.2, 0.25) is 0 Å². The molecule has 5 rings (SSSR count). The minimum absolute atomic E-state index is 0.182. The molecule has 0 saturated carbocycles. The quantitative estimate of drug-likeness (QED) is 0.109. The molecule has 5 N–H and O–H groups in total. The first-order valence-corrected chi connectivity index (χ1v) is 13.4. The van der Waals surface area contributed by atoms with Gasteiger partial charge in [0.2, 0.25) is 5.91 Å². The number of nitrogen functional groups attached to an aromatic ring is 1. The van der Waals surface area contributed by atoms with E-state index in [0.29, 0.717) is 22.8 Å². The molecular formula is C34H28FN3O5. The predicted molar refractivity (Wildman–Crippen MR) is 164 cm³/mol. The van der Waals surface area contributed by atoms with Gasteiger partial charge in [0, 0.05) is 11.5 Å². The molecule has 2 amide bonds. The molecule has 0 radical (unpaired) electrons. The molecule has 5 aromatic carbocycles. The van der Waals surface area contributed by atoms with Crippen LogP contribution in [0.4, 0.5) is 26.2 Å². The molecule has 0 fully saturated rings. The SMILES string of the molecule is Nc1ccccc1NC(=O)/C=C/[C@H](Oc1ccccc1)[C@@H](OC(=O)Nc1cccc2ccccc12)c1ccc(O)c(F)c1. The van der Waals surface area contributed by atoms with E-state index in [1.807, 2.05) is 30.3 Å². The first-order valence-electron chi connectivity index (χ1n) is 13.4. The molecule has 0 aliphatic heterocycles. The zero-order valence-corrected chi connectivity index (χ0v) is 22.8. The van der Waals surface area contributed by atoms with Gasteiger partial charge in [-0.2, -0.15) is 0 Å². The number of nitrogens with two attached hydrogens (primary N) is 1. The number of phenolic OH excluding ortho intramolecular Hbond substituents is 1. The lowest BCUT2D eigenvalue weighted by molar-refractivity contribution is -0.112. The Labute approximate surface area is 247 Å². The van der Waals surface area contributed by atoms with Gasteiger partial charge < -0.3 is 25.6 Å². The second-order valence-corrected chi connectivity index (χ2v) is 9.52. The number of phenols is 1. The lowest BCUT2D eigenvalue weighted by Crippen LogP contribution is -2.30. The number of ether oxygens (including phenoxy) is 2. The van der Waals surface area contributed by atoms with Gasteiger partial charge in [-0.1, -0.05) is 72.8 Å². The number of anilines is 3. The summed E-state index contributed by atoms with van der Waals surface area (Å²) in [6.45, 7) is 0. The lowest BCUT2D eigenvalue weighted by atomic mass is 10.0. The lowest BCUT2D eigenvalue weighted by Gasteiger charge is -2.26. The van der Waals surface area contributed by atoms with E-state index >= 15 is 0 Å². The Balaban J connectivity index is 1.47. The maximum absolute atomic E-state index is 14.5. The zero-order chi connectivity index (χ0) is 30.2. The third-order valence-corrected chi connectivity index (χ3v) is 6.53. The molecule has 0 spiro atoms. The van der Waals surface area contributed by atoms with Gasteiger partial charge in [-0.3, -0.25) is 10.1 Å². The Kier molecular flexibility index (Phi) is 8.82. The van der Waals surface area contributed by atoms with Crippen LogP contribution in [0.1, 0.15) is 11.7 Å². The van der Waals surface area contributed by atoms with Crippen molar-refractivity contribution in [3.63, 3.8) is 0 Å². The molecule has 9 heteroatoms. The molecule has 0 aromatic heterocycles. The average Bonchev–Trinajstić information content (AvgIpc) is 3.01. The van der Waals surface area contributed by atoms with Crippen molar-refractivity contribution in [2.45, 2.75) is 12.2 Å². The molecule has 216 valence electrons. The van der Waals surface area contributed by atoms with Gasteiger partial charge >= 0.3 is 6.09 Å². The summed E-state index contributed by atoms with van der Waals surface area (Å²) in [4.78, 5) is 26.2. The summed E-state index contributed by atoms with van der Waals surface area (Å²) in [7, 11) is 0. The van der Waals surface area contributed by atoms with Gasteiger partial charge in [0.05, 0.1) is 17.1 Å². The van der Waals surface area contributed by atoms with Crippen LogP contribution in [0, 0.1) is 5.82 Å². The molecule has 8 nitrogen and oxygen atoms in total. The molecule has 0 aliphatic rings. The van der Waals surface area contributed by atoms with E-state index in [-0.39, 0.29) is 5.56 Å². The highest BCUT2D eigenvalue weighted by Gasteiger charge is 2.29. The Morgan fingerprint density at radius 3 is 2.30 bits per heavy atom. The van der Waals surface area contributed by atoms with Crippen molar-refractivity contribution >= 4 is 39.8 Å². The van der Waals surface area contributed by atoms with Gasteiger partial charge in [-0.25, -0.2) is 9.18 Å². The van der Waals surface area contributed by atoms with Crippen molar-refractivity contribution in [2.24, 2.45) is 0 Å². The van der Waals surface area contributed by atoms with Crippen LogP contribution in [0.5, 0.6) is 11.5 Å². The zero-order valence-electron chi connectivity index (χ0n) is 22.8. The fourth-order valence-electron chi connectivity index (χ4n) is 4.44. The van der Waals surface area contributed by atoms with E-state index < -0.39 is 35.8 Å².